The lowest BCUT2D eigenvalue weighted by molar-refractivity contribution is -0.167. The number of unbranched alkanes of at least 4 members (excludes halogenated alkanes) is 52. The standard InChI is InChI=1S/C73H138O6/c1-4-7-10-13-16-19-22-25-27-29-31-32-33-34-35-36-37-38-39-40-41-42-44-45-48-51-54-57-60-63-66-72(75)78-69-70(68-77-71(74)65-62-59-56-53-50-47-24-21-18-15-12-9-6-3)79-73(76)67-64-61-58-55-52-49-46-43-30-28-26-23-20-17-14-11-8-5-2/h20,23,28,30,70H,4-19,21-22,24-27,29,31-69H2,1-3H3/b23-20-,30-28-. The van der Waals surface area contributed by atoms with Crippen molar-refractivity contribution >= 4 is 17.9 Å². The molecular formula is C73H138O6. The number of carbonyl (C=O) groups is 3. The van der Waals surface area contributed by atoms with Gasteiger partial charge in [0.2, 0.25) is 0 Å². The van der Waals surface area contributed by atoms with E-state index in [0.717, 1.165) is 70.6 Å². The van der Waals surface area contributed by atoms with E-state index in [1.54, 1.807) is 0 Å². The van der Waals surface area contributed by atoms with E-state index in [1.807, 2.05) is 0 Å². The van der Waals surface area contributed by atoms with E-state index < -0.39 is 6.10 Å². The molecule has 0 aromatic heterocycles. The molecule has 0 aliphatic rings. The number of ether oxygens (including phenoxy) is 3. The zero-order valence-electron chi connectivity index (χ0n) is 53.7. The molecule has 0 radical (unpaired) electrons. The lowest BCUT2D eigenvalue weighted by atomic mass is 10.0. The predicted molar refractivity (Wildman–Crippen MR) is 344 cm³/mol. The second-order valence-electron chi connectivity index (χ2n) is 24.5. The Hall–Kier alpha value is -2.11. The van der Waals surface area contributed by atoms with Crippen molar-refractivity contribution in [2.75, 3.05) is 13.2 Å². The molecule has 0 saturated carbocycles. The fourth-order valence-electron chi connectivity index (χ4n) is 11.1. The van der Waals surface area contributed by atoms with Gasteiger partial charge in [-0.3, -0.25) is 14.4 Å². The van der Waals surface area contributed by atoms with E-state index in [1.165, 1.54) is 295 Å². The summed E-state index contributed by atoms with van der Waals surface area (Å²) in [5.41, 5.74) is 0. The maximum absolute atomic E-state index is 12.9. The molecule has 79 heavy (non-hydrogen) atoms. The van der Waals surface area contributed by atoms with Crippen molar-refractivity contribution in [1.82, 2.24) is 0 Å². The van der Waals surface area contributed by atoms with Crippen molar-refractivity contribution in [1.29, 1.82) is 0 Å². The zero-order chi connectivity index (χ0) is 57.1. The summed E-state index contributed by atoms with van der Waals surface area (Å²) in [6.07, 6.45) is 83.6. The topological polar surface area (TPSA) is 78.9 Å². The highest BCUT2D eigenvalue weighted by molar-refractivity contribution is 5.71. The molecule has 0 aliphatic heterocycles. The summed E-state index contributed by atoms with van der Waals surface area (Å²) in [5.74, 6) is -0.845. The van der Waals surface area contributed by atoms with Gasteiger partial charge in [0.25, 0.3) is 0 Å². The number of carbonyl (C=O) groups excluding carboxylic acids is 3. The molecule has 0 aromatic rings. The monoisotopic (exact) mass is 1110 g/mol. The van der Waals surface area contributed by atoms with Gasteiger partial charge in [-0.2, -0.15) is 0 Å². The first-order valence-corrected chi connectivity index (χ1v) is 35.8. The van der Waals surface area contributed by atoms with Gasteiger partial charge in [-0.15, -0.1) is 0 Å². The summed E-state index contributed by atoms with van der Waals surface area (Å²) < 4.78 is 17.0. The maximum atomic E-state index is 12.9. The van der Waals surface area contributed by atoms with Crippen LogP contribution in [0, 0.1) is 0 Å². The second-order valence-corrected chi connectivity index (χ2v) is 24.5. The number of rotatable bonds is 67. The van der Waals surface area contributed by atoms with Gasteiger partial charge in [-0.1, -0.05) is 360 Å². The van der Waals surface area contributed by atoms with Gasteiger partial charge in [0.1, 0.15) is 13.2 Å². The third-order valence-corrected chi connectivity index (χ3v) is 16.5. The van der Waals surface area contributed by atoms with Crippen LogP contribution in [0.1, 0.15) is 406 Å². The summed E-state index contributed by atoms with van der Waals surface area (Å²) in [7, 11) is 0. The molecule has 1 atom stereocenters. The molecule has 0 rings (SSSR count). The first-order valence-electron chi connectivity index (χ1n) is 35.8. The van der Waals surface area contributed by atoms with Crippen molar-refractivity contribution in [3.05, 3.63) is 24.3 Å². The van der Waals surface area contributed by atoms with Crippen LogP contribution in [-0.2, 0) is 28.6 Å². The molecule has 0 bridgehead atoms. The maximum Gasteiger partial charge on any atom is 0.306 e. The number of hydrogen-bond donors (Lipinski definition) is 0. The summed E-state index contributed by atoms with van der Waals surface area (Å²) >= 11 is 0. The molecular weight excluding hydrogens is 973 g/mol. The average molecular weight is 1110 g/mol. The van der Waals surface area contributed by atoms with Crippen LogP contribution in [0.4, 0.5) is 0 Å². The molecule has 0 fully saturated rings. The molecule has 6 heteroatoms. The lowest BCUT2D eigenvalue weighted by Crippen LogP contribution is -2.30. The Morgan fingerprint density at radius 2 is 0.456 bits per heavy atom. The van der Waals surface area contributed by atoms with Crippen molar-refractivity contribution in [2.45, 2.75) is 412 Å². The average Bonchev–Trinajstić information content (AvgIpc) is 3.45. The Kier molecular flexibility index (Phi) is 66.6. The quantitative estimate of drug-likeness (QED) is 0.0261. The molecule has 0 aliphatic carbocycles. The third kappa shape index (κ3) is 66.6. The molecule has 0 amide bonds. The van der Waals surface area contributed by atoms with Crippen LogP contribution >= 0.6 is 0 Å². The van der Waals surface area contributed by atoms with Crippen LogP contribution in [0.5, 0.6) is 0 Å². The highest BCUT2D eigenvalue weighted by Gasteiger charge is 2.19. The van der Waals surface area contributed by atoms with Crippen molar-refractivity contribution in [3.8, 4) is 0 Å². The Morgan fingerprint density at radius 3 is 0.709 bits per heavy atom. The van der Waals surface area contributed by atoms with Gasteiger partial charge in [-0.25, -0.2) is 0 Å². The number of esters is 3. The SMILES string of the molecule is CCCCCC/C=C\C/C=C\CCCCCCCCCC(=O)OC(COC(=O)CCCCCCCCCCCCCCC)COC(=O)CCCCCCCCCCCCCCCCCCCCCCCCCCCCCCCC. The molecule has 466 valence electrons. The van der Waals surface area contributed by atoms with Crippen LogP contribution in [0.15, 0.2) is 24.3 Å². The highest BCUT2D eigenvalue weighted by Crippen LogP contribution is 2.19. The Bertz CT molecular complexity index is 1270. The third-order valence-electron chi connectivity index (χ3n) is 16.5. The van der Waals surface area contributed by atoms with Crippen molar-refractivity contribution < 1.29 is 28.6 Å². The fourth-order valence-corrected chi connectivity index (χ4v) is 11.1. The van der Waals surface area contributed by atoms with Gasteiger partial charge >= 0.3 is 17.9 Å². The lowest BCUT2D eigenvalue weighted by Gasteiger charge is -2.18. The van der Waals surface area contributed by atoms with E-state index in [9.17, 15) is 14.4 Å². The Balaban J connectivity index is 4.14. The van der Waals surface area contributed by atoms with Crippen molar-refractivity contribution in [2.24, 2.45) is 0 Å². The summed E-state index contributed by atoms with van der Waals surface area (Å²) in [6.45, 7) is 6.70. The Labute approximate surface area is 493 Å². The number of hydrogen-bond acceptors (Lipinski definition) is 6. The van der Waals surface area contributed by atoms with Crippen LogP contribution in [0.3, 0.4) is 0 Å². The normalized spacial score (nSPS) is 12.1. The first-order chi connectivity index (χ1) is 39.0. The molecule has 1 unspecified atom stereocenters. The minimum atomic E-state index is -0.772. The van der Waals surface area contributed by atoms with E-state index in [2.05, 4.69) is 45.1 Å². The smallest absolute Gasteiger partial charge is 0.306 e. The summed E-state index contributed by atoms with van der Waals surface area (Å²) in [5, 5.41) is 0. The fraction of sp³-hybridized carbons (Fsp3) is 0.904. The van der Waals surface area contributed by atoms with E-state index in [4.69, 9.17) is 14.2 Å². The Morgan fingerprint density at radius 1 is 0.253 bits per heavy atom. The zero-order valence-corrected chi connectivity index (χ0v) is 53.7. The first kappa shape index (κ1) is 76.9. The van der Waals surface area contributed by atoms with Gasteiger partial charge in [0.15, 0.2) is 6.10 Å². The van der Waals surface area contributed by atoms with E-state index in [-0.39, 0.29) is 31.1 Å². The minimum absolute atomic E-state index is 0.0683. The van der Waals surface area contributed by atoms with Crippen LogP contribution in [0.2, 0.25) is 0 Å². The molecule has 0 heterocycles. The molecule has 0 spiro atoms. The summed E-state index contributed by atoms with van der Waals surface area (Å²) in [4.78, 5) is 38.4. The van der Waals surface area contributed by atoms with Gasteiger partial charge < -0.3 is 14.2 Å². The molecule has 0 saturated heterocycles. The highest BCUT2D eigenvalue weighted by atomic mass is 16.6. The van der Waals surface area contributed by atoms with E-state index >= 15 is 0 Å². The summed E-state index contributed by atoms with van der Waals surface area (Å²) in [6, 6.07) is 0. The second kappa shape index (κ2) is 68.4. The van der Waals surface area contributed by atoms with E-state index in [0.29, 0.717) is 19.3 Å². The molecule has 0 aromatic carbocycles. The molecule has 0 N–H and O–H groups in total. The molecule has 6 nitrogen and oxygen atoms in total. The van der Waals surface area contributed by atoms with Gasteiger partial charge in [-0.05, 0) is 51.4 Å². The van der Waals surface area contributed by atoms with Crippen LogP contribution in [-0.4, -0.2) is 37.2 Å². The minimum Gasteiger partial charge on any atom is -0.462 e. The van der Waals surface area contributed by atoms with Gasteiger partial charge in [0.05, 0.1) is 0 Å². The van der Waals surface area contributed by atoms with Crippen LogP contribution in [0.25, 0.3) is 0 Å². The van der Waals surface area contributed by atoms with Crippen LogP contribution < -0.4 is 0 Å². The largest absolute Gasteiger partial charge is 0.462 e. The van der Waals surface area contributed by atoms with Gasteiger partial charge in [0, 0.05) is 19.3 Å². The predicted octanol–water partition coefficient (Wildman–Crippen LogP) is 24.6. The van der Waals surface area contributed by atoms with Crippen molar-refractivity contribution in [3.63, 3.8) is 0 Å². The number of allylic oxidation sites excluding steroid dienone is 4.